The van der Waals surface area contributed by atoms with E-state index in [9.17, 15) is 9.18 Å². The van der Waals surface area contributed by atoms with Crippen molar-refractivity contribution in [2.75, 3.05) is 19.0 Å². The van der Waals surface area contributed by atoms with Gasteiger partial charge in [-0.3, -0.25) is 4.79 Å². The van der Waals surface area contributed by atoms with E-state index < -0.39 is 0 Å². The summed E-state index contributed by atoms with van der Waals surface area (Å²) in [5.41, 5.74) is 10.8. The van der Waals surface area contributed by atoms with Crippen LogP contribution >= 0.6 is 11.8 Å². The average molecular weight is 418 g/mol. The number of ether oxygens (including phenoxy) is 1. The molecule has 156 valence electrons. The largest absolute Gasteiger partial charge is 0.382 e. The standard InChI is InChI=1S/C22H28FN3O2S/c1-13-8-9-19(23)18(15(13)3)10-14(2)21(27)24-17-7-5-6-16(11-17)22-26-25-20(29-22)12-28-4/h5-9,11,14,20,22,25-26H,10,12H2,1-4H3,(H,24,27). The summed E-state index contributed by atoms with van der Waals surface area (Å²) < 4.78 is 19.4. The Morgan fingerprint density at radius 1 is 1.28 bits per heavy atom. The van der Waals surface area contributed by atoms with Crippen LogP contribution in [0.25, 0.3) is 0 Å². The Kier molecular flexibility index (Phi) is 7.29. The topological polar surface area (TPSA) is 62.4 Å². The lowest BCUT2D eigenvalue weighted by atomic mass is 9.94. The van der Waals surface area contributed by atoms with Gasteiger partial charge in [0.15, 0.2) is 0 Å². The van der Waals surface area contributed by atoms with E-state index in [4.69, 9.17) is 4.74 Å². The second-order valence-corrected chi connectivity index (χ2v) is 8.75. The first-order valence-corrected chi connectivity index (χ1v) is 10.6. The van der Waals surface area contributed by atoms with Gasteiger partial charge < -0.3 is 10.1 Å². The third kappa shape index (κ3) is 5.36. The number of hydrogen-bond acceptors (Lipinski definition) is 5. The molecule has 1 saturated heterocycles. The number of aryl methyl sites for hydroxylation is 1. The molecule has 0 spiro atoms. The second kappa shape index (κ2) is 9.71. The van der Waals surface area contributed by atoms with Gasteiger partial charge in [-0.2, -0.15) is 0 Å². The van der Waals surface area contributed by atoms with Crippen LogP contribution in [0.15, 0.2) is 36.4 Å². The maximum atomic E-state index is 14.2. The number of benzene rings is 2. The maximum Gasteiger partial charge on any atom is 0.227 e. The number of anilines is 1. The monoisotopic (exact) mass is 417 g/mol. The number of nitrogens with one attached hydrogen (secondary N) is 3. The van der Waals surface area contributed by atoms with E-state index in [1.54, 1.807) is 24.9 Å². The molecular formula is C22H28FN3O2S. The summed E-state index contributed by atoms with van der Waals surface area (Å²) in [4.78, 5) is 12.7. The van der Waals surface area contributed by atoms with Crippen LogP contribution in [0.5, 0.6) is 0 Å². The first-order valence-electron chi connectivity index (χ1n) is 9.70. The van der Waals surface area contributed by atoms with E-state index in [0.717, 1.165) is 22.4 Å². The summed E-state index contributed by atoms with van der Waals surface area (Å²) >= 11 is 1.73. The van der Waals surface area contributed by atoms with E-state index in [-0.39, 0.29) is 28.4 Å². The molecule has 3 rings (SSSR count). The normalized spacial score (nSPS) is 19.9. The highest BCUT2D eigenvalue weighted by Gasteiger charge is 2.26. The predicted octanol–water partition coefficient (Wildman–Crippen LogP) is 4.07. The molecule has 2 aromatic carbocycles. The van der Waals surface area contributed by atoms with Crippen molar-refractivity contribution in [2.45, 2.75) is 37.9 Å². The van der Waals surface area contributed by atoms with Crippen LogP contribution in [0, 0.1) is 25.6 Å². The van der Waals surface area contributed by atoms with Gasteiger partial charge >= 0.3 is 0 Å². The Morgan fingerprint density at radius 2 is 2.07 bits per heavy atom. The van der Waals surface area contributed by atoms with E-state index in [2.05, 4.69) is 16.2 Å². The van der Waals surface area contributed by atoms with Gasteiger partial charge in [-0.1, -0.05) is 25.1 Å². The molecule has 2 aromatic rings. The zero-order valence-electron chi connectivity index (χ0n) is 17.2. The molecule has 0 aromatic heterocycles. The van der Waals surface area contributed by atoms with Gasteiger partial charge in [0.25, 0.3) is 0 Å². The van der Waals surface area contributed by atoms with Crippen molar-refractivity contribution >= 4 is 23.4 Å². The number of halogens is 1. The van der Waals surface area contributed by atoms with E-state index in [1.165, 1.54) is 6.07 Å². The molecule has 0 radical (unpaired) electrons. The van der Waals surface area contributed by atoms with Crippen molar-refractivity contribution < 1.29 is 13.9 Å². The van der Waals surface area contributed by atoms with Crippen LogP contribution in [0.4, 0.5) is 10.1 Å². The number of carbonyl (C=O) groups excluding carboxylic acids is 1. The van der Waals surface area contributed by atoms with Gasteiger partial charge in [0.05, 0.1) is 17.4 Å². The van der Waals surface area contributed by atoms with Crippen molar-refractivity contribution in [3.63, 3.8) is 0 Å². The van der Waals surface area contributed by atoms with Gasteiger partial charge in [-0.15, -0.1) is 11.8 Å². The minimum atomic E-state index is -0.347. The number of thioether (sulfide) groups is 1. The Balaban J connectivity index is 1.64. The van der Waals surface area contributed by atoms with Crippen LogP contribution in [-0.2, 0) is 16.0 Å². The van der Waals surface area contributed by atoms with Crippen LogP contribution in [0.3, 0.4) is 0 Å². The molecule has 29 heavy (non-hydrogen) atoms. The molecule has 7 heteroatoms. The molecule has 0 bridgehead atoms. The Bertz CT molecular complexity index is 877. The van der Waals surface area contributed by atoms with Gasteiger partial charge in [-0.25, -0.2) is 15.2 Å². The fourth-order valence-corrected chi connectivity index (χ4v) is 4.45. The van der Waals surface area contributed by atoms with Crippen molar-refractivity contribution in [3.05, 3.63) is 64.5 Å². The highest BCUT2D eigenvalue weighted by molar-refractivity contribution is 8.00. The van der Waals surface area contributed by atoms with Crippen molar-refractivity contribution in [3.8, 4) is 0 Å². The zero-order chi connectivity index (χ0) is 21.0. The summed E-state index contributed by atoms with van der Waals surface area (Å²) in [6.45, 7) is 6.29. The highest BCUT2D eigenvalue weighted by atomic mass is 32.2. The number of hydrazine groups is 1. The third-order valence-corrected chi connectivity index (χ3v) is 6.47. The summed E-state index contributed by atoms with van der Waals surface area (Å²) in [6.07, 6.45) is 0.369. The molecule has 1 aliphatic rings. The maximum absolute atomic E-state index is 14.2. The molecule has 3 N–H and O–H groups in total. The minimum absolute atomic E-state index is 0.0773. The van der Waals surface area contributed by atoms with Crippen LogP contribution in [-0.4, -0.2) is 25.0 Å². The SMILES string of the molecule is COCC1NNC(c2cccc(NC(=O)C(C)Cc3c(F)ccc(C)c3C)c2)S1. The molecule has 1 amide bonds. The van der Waals surface area contributed by atoms with Crippen molar-refractivity contribution in [2.24, 2.45) is 5.92 Å². The molecular weight excluding hydrogens is 389 g/mol. The Hall–Kier alpha value is -1.93. The van der Waals surface area contributed by atoms with Gasteiger partial charge in [0.2, 0.25) is 5.91 Å². The Labute approximate surface area is 175 Å². The summed E-state index contributed by atoms with van der Waals surface area (Å²) in [7, 11) is 1.68. The third-order valence-electron chi connectivity index (χ3n) is 5.22. The highest BCUT2D eigenvalue weighted by Crippen LogP contribution is 2.33. The minimum Gasteiger partial charge on any atom is -0.382 e. The Morgan fingerprint density at radius 3 is 2.83 bits per heavy atom. The smallest absolute Gasteiger partial charge is 0.227 e. The lowest BCUT2D eigenvalue weighted by molar-refractivity contribution is -0.119. The van der Waals surface area contributed by atoms with E-state index in [1.807, 2.05) is 45.0 Å². The first-order chi connectivity index (χ1) is 13.9. The van der Waals surface area contributed by atoms with Gasteiger partial charge in [-0.05, 0) is 60.7 Å². The average Bonchev–Trinajstić information content (AvgIpc) is 3.17. The van der Waals surface area contributed by atoms with Gasteiger partial charge in [0.1, 0.15) is 5.82 Å². The molecule has 3 atom stereocenters. The molecule has 1 heterocycles. The molecule has 0 saturated carbocycles. The number of rotatable bonds is 7. The summed E-state index contributed by atoms with van der Waals surface area (Å²) in [6, 6.07) is 11.0. The number of amides is 1. The second-order valence-electron chi connectivity index (χ2n) is 7.44. The lowest BCUT2D eigenvalue weighted by Crippen LogP contribution is -2.33. The van der Waals surface area contributed by atoms with E-state index in [0.29, 0.717) is 18.6 Å². The summed E-state index contributed by atoms with van der Waals surface area (Å²) in [5.74, 6) is -0.720. The molecule has 5 nitrogen and oxygen atoms in total. The van der Waals surface area contributed by atoms with Crippen LogP contribution in [0.2, 0.25) is 0 Å². The number of methoxy groups -OCH3 is 1. The van der Waals surface area contributed by atoms with E-state index >= 15 is 0 Å². The number of carbonyl (C=O) groups is 1. The quantitative estimate of drug-likeness (QED) is 0.634. The fraction of sp³-hybridized carbons (Fsp3) is 0.409. The van der Waals surface area contributed by atoms with Crippen molar-refractivity contribution in [1.82, 2.24) is 10.9 Å². The van der Waals surface area contributed by atoms with Crippen LogP contribution < -0.4 is 16.2 Å². The zero-order valence-corrected chi connectivity index (χ0v) is 18.0. The van der Waals surface area contributed by atoms with Crippen molar-refractivity contribution in [1.29, 1.82) is 0 Å². The first kappa shape index (κ1) is 21.8. The fourth-order valence-electron chi connectivity index (χ4n) is 3.33. The lowest BCUT2D eigenvalue weighted by Gasteiger charge is -2.16. The summed E-state index contributed by atoms with van der Waals surface area (Å²) in [5, 5.41) is 3.23. The predicted molar refractivity (Wildman–Crippen MR) is 116 cm³/mol. The molecule has 3 unspecified atom stereocenters. The van der Waals surface area contributed by atoms with Crippen LogP contribution in [0.1, 0.15) is 34.6 Å². The van der Waals surface area contributed by atoms with Gasteiger partial charge in [0, 0.05) is 18.7 Å². The molecule has 1 fully saturated rings. The number of hydrogen-bond donors (Lipinski definition) is 3. The molecule has 1 aliphatic heterocycles. The molecule has 0 aliphatic carbocycles.